The summed E-state index contributed by atoms with van der Waals surface area (Å²) in [7, 11) is -3.64. The molecule has 4 rings (SSSR count). The van der Waals surface area contributed by atoms with E-state index in [1.54, 1.807) is 59.6 Å². The van der Waals surface area contributed by atoms with Gasteiger partial charge >= 0.3 is 0 Å². The average Bonchev–Trinajstić information content (AvgIpc) is 3.26. The van der Waals surface area contributed by atoms with Crippen LogP contribution in [0, 0.1) is 0 Å². The highest BCUT2D eigenvalue weighted by atomic mass is 32.2. The van der Waals surface area contributed by atoms with Gasteiger partial charge in [-0.1, -0.05) is 12.1 Å². The molecule has 0 aliphatic carbocycles. The van der Waals surface area contributed by atoms with Crippen LogP contribution in [0.3, 0.4) is 0 Å². The van der Waals surface area contributed by atoms with Crippen molar-refractivity contribution in [1.82, 2.24) is 14.9 Å². The smallest absolute Gasteiger partial charge is 0.259 e. The molecule has 0 atom stereocenters. The SMILES string of the molecule is CC(C)(COc1cccc2c1C(N)=NS(=O)(=O)C2)NC(=O)c1ccnc(-n2ccc(CO)c2)c1. The number of sulfonamides is 1. The molecule has 0 saturated heterocycles. The molecule has 4 N–H and O–H groups in total. The second-order valence-electron chi connectivity index (χ2n) is 8.61. The molecule has 0 radical (unpaired) electrons. The fourth-order valence-electron chi connectivity index (χ4n) is 3.58. The van der Waals surface area contributed by atoms with Gasteiger partial charge in [-0.2, -0.15) is 0 Å². The standard InChI is InChI=1S/C23H25N5O5S/c1-23(2,14-33-18-5-3-4-17-13-34(31,32)27-21(24)20(17)18)26-22(30)16-6-8-25-19(10-16)28-9-7-15(11-28)12-29/h3-11,29H,12-14H2,1-2H3,(H2,24,27)(H,26,30). The third kappa shape index (κ3) is 5.10. The van der Waals surface area contributed by atoms with Crippen LogP contribution in [0.4, 0.5) is 0 Å². The predicted molar refractivity (Wildman–Crippen MR) is 126 cm³/mol. The third-order valence-corrected chi connectivity index (χ3v) is 6.34. The maximum Gasteiger partial charge on any atom is 0.259 e. The number of benzene rings is 1. The number of fused-ring (bicyclic) bond motifs is 1. The van der Waals surface area contributed by atoms with Gasteiger partial charge in [-0.05, 0) is 49.2 Å². The van der Waals surface area contributed by atoms with Gasteiger partial charge in [-0.3, -0.25) is 4.79 Å². The summed E-state index contributed by atoms with van der Waals surface area (Å²) < 4.78 is 35.0. The van der Waals surface area contributed by atoms with Crippen molar-refractivity contribution in [2.45, 2.75) is 31.7 Å². The van der Waals surface area contributed by atoms with Gasteiger partial charge < -0.3 is 25.5 Å². The highest BCUT2D eigenvalue weighted by Crippen LogP contribution is 2.28. The highest BCUT2D eigenvalue weighted by molar-refractivity contribution is 7.89. The maximum atomic E-state index is 12.9. The molecule has 178 valence electrons. The lowest BCUT2D eigenvalue weighted by Crippen LogP contribution is -2.48. The minimum atomic E-state index is -3.64. The van der Waals surface area contributed by atoms with Crippen molar-refractivity contribution >= 4 is 21.8 Å². The number of carbonyl (C=O) groups excluding carboxylic acids is 1. The molecule has 0 fully saturated rings. The first-order valence-corrected chi connectivity index (χ1v) is 12.1. The van der Waals surface area contributed by atoms with E-state index in [2.05, 4.69) is 14.7 Å². The second-order valence-corrected chi connectivity index (χ2v) is 10.2. The fourth-order valence-corrected chi connectivity index (χ4v) is 4.67. The minimum absolute atomic E-state index is 0.0840. The molecule has 0 bridgehead atoms. The number of aliphatic hydroxyl groups excluding tert-OH is 1. The molecule has 0 unspecified atom stereocenters. The fraction of sp³-hybridized carbons (Fsp3) is 0.261. The molecule has 1 amide bonds. The molecule has 34 heavy (non-hydrogen) atoms. The molecule has 3 aromatic rings. The quantitative estimate of drug-likeness (QED) is 0.461. The van der Waals surface area contributed by atoms with Crippen molar-refractivity contribution in [3.05, 3.63) is 77.2 Å². The van der Waals surface area contributed by atoms with Crippen LogP contribution in [0.15, 0.2) is 59.4 Å². The van der Waals surface area contributed by atoms with E-state index in [4.69, 9.17) is 10.5 Å². The lowest BCUT2D eigenvalue weighted by atomic mass is 10.0. The summed E-state index contributed by atoms with van der Waals surface area (Å²) in [6, 6.07) is 10.1. The first kappa shape index (κ1) is 23.5. The summed E-state index contributed by atoms with van der Waals surface area (Å²) in [5.74, 6) is 0.272. The number of hydrogen-bond acceptors (Lipinski definition) is 7. The Balaban J connectivity index is 1.47. The maximum absolute atomic E-state index is 12.9. The number of nitrogens with one attached hydrogen (secondary N) is 1. The van der Waals surface area contributed by atoms with Crippen molar-refractivity contribution in [3.63, 3.8) is 0 Å². The van der Waals surface area contributed by atoms with E-state index in [-0.39, 0.29) is 30.7 Å². The molecule has 2 aromatic heterocycles. The van der Waals surface area contributed by atoms with Gasteiger partial charge in [0.2, 0.25) is 0 Å². The van der Waals surface area contributed by atoms with Crippen LogP contribution in [0.25, 0.3) is 5.82 Å². The lowest BCUT2D eigenvalue weighted by Gasteiger charge is -2.27. The largest absolute Gasteiger partial charge is 0.490 e. The van der Waals surface area contributed by atoms with Crippen LogP contribution in [0.1, 0.15) is 40.9 Å². The van der Waals surface area contributed by atoms with Gasteiger partial charge in [0.25, 0.3) is 15.9 Å². The van der Waals surface area contributed by atoms with Crippen molar-refractivity contribution in [2.75, 3.05) is 6.61 Å². The van der Waals surface area contributed by atoms with Crippen LogP contribution in [-0.4, -0.2) is 47.0 Å². The number of hydrogen-bond donors (Lipinski definition) is 3. The van der Waals surface area contributed by atoms with Gasteiger partial charge in [0.1, 0.15) is 24.0 Å². The van der Waals surface area contributed by atoms with Gasteiger partial charge in [0.05, 0.1) is 23.5 Å². The van der Waals surface area contributed by atoms with Crippen molar-refractivity contribution in [3.8, 4) is 11.6 Å². The molecule has 3 heterocycles. The van der Waals surface area contributed by atoms with E-state index >= 15 is 0 Å². The monoisotopic (exact) mass is 483 g/mol. The third-order valence-electron chi connectivity index (χ3n) is 5.19. The topological polar surface area (TPSA) is 149 Å². The van der Waals surface area contributed by atoms with Crippen molar-refractivity contribution < 1.29 is 23.1 Å². The molecule has 1 aromatic carbocycles. The highest BCUT2D eigenvalue weighted by Gasteiger charge is 2.27. The normalized spacial score (nSPS) is 14.7. The summed E-state index contributed by atoms with van der Waals surface area (Å²) >= 11 is 0. The number of nitrogens with zero attached hydrogens (tertiary/aromatic N) is 3. The summed E-state index contributed by atoms with van der Waals surface area (Å²) in [6.45, 7) is 3.64. The molecule has 1 aliphatic heterocycles. The Morgan fingerprint density at radius 2 is 2.09 bits per heavy atom. The average molecular weight is 484 g/mol. The molecule has 10 nitrogen and oxygen atoms in total. The van der Waals surface area contributed by atoms with Crippen LogP contribution in [-0.2, 0) is 22.4 Å². The van der Waals surface area contributed by atoms with E-state index in [0.29, 0.717) is 28.3 Å². The Hall–Kier alpha value is -3.70. The van der Waals surface area contributed by atoms with Crippen LogP contribution in [0.2, 0.25) is 0 Å². The van der Waals surface area contributed by atoms with Crippen LogP contribution < -0.4 is 15.8 Å². The number of carbonyl (C=O) groups is 1. The Labute approximate surface area is 197 Å². The lowest BCUT2D eigenvalue weighted by molar-refractivity contribution is 0.0880. The Morgan fingerprint density at radius 1 is 1.29 bits per heavy atom. The van der Waals surface area contributed by atoms with Crippen LogP contribution >= 0.6 is 0 Å². The number of aliphatic hydroxyl groups is 1. The van der Waals surface area contributed by atoms with Gasteiger partial charge in [-0.25, -0.2) is 13.4 Å². The summed E-state index contributed by atoms with van der Waals surface area (Å²) in [4.78, 5) is 17.2. The number of nitrogens with two attached hydrogens (primary N) is 1. The molecule has 0 spiro atoms. The van der Waals surface area contributed by atoms with Gasteiger partial charge in [-0.15, -0.1) is 4.40 Å². The van der Waals surface area contributed by atoms with Crippen molar-refractivity contribution in [1.29, 1.82) is 0 Å². The van der Waals surface area contributed by atoms with E-state index in [9.17, 15) is 18.3 Å². The zero-order chi connectivity index (χ0) is 24.5. The molecule has 0 saturated carbocycles. The number of pyridine rings is 1. The summed E-state index contributed by atoms with van der Waals surface area (Å²) in [6.07, 6.45) is 5.04. The number of rotatable bonds is 7. The van der Waals surface area contributed by atoms with E-state index < -0.39 is 15.6 Å². The zero-order valence-corrected chi connectivity index (χ0v) is 19.5. The molecular weight excluding hydrogens is 458 g/mol. The van der Waals surface area contributed by atoms with Crippen molar-refractivity contribution in [2.24, 2.45) is 10.1 Å². The number of aromatic nitrogens is 2. The van der Waals surface area contributed by atoms with Gasteiger partial charge in [0.15, 0.2) is 0 Å². The number of amides is 1. The molecule has 1 aliphatic rings. The Morgan fingerprint density at radius 3 is 2.82 bits per heavy atom. The van der Waals surface area contributed by atoms with Crippen LogP contribution in [0.5, 0.6) is 5.75 Å². The van der Waals surface area contributed by atoms with E-state index in [0.717, 1.165) is 5.56 Å². The first-order chi connectivity index (χ1) is 16.1. The first-order valence-electron chi connectivity index (χ1n) is 10.5. The summed E-state index contributed by atoms with van der Waals surface area (Å²) in [5, 5.41) is 12.2. The summed E-state index contributed by atoms with van der Waals surface area (Å²) in [5.41, 5.74) is 7.24. The second kappa shape index (κ2) is 8.92. The number of ether oxygens (including phenoxy) is 1. The van der Waals surface area contributed by atoms with E-state index in [1.807, 2.05) is 13.8 Å². The van der Waals surface area contributed by atoms with E-state index in [1.165, 1.54) is 0 Å². The van der Waals surface area contributed by atoms with Gasteiger partial charge in [0, 0.05) is 24.2 Å². The Kier molecular flexibility index (Phi) is 6.15. The molecular formula is C23H25N5O5S. The molecule has 11 heteroatoms. The Bertz CT molecular complexity index is 1380. The minimum Gasteiger partial charge on any atom is -0.490 e. The number of amidine groups is 1. The zero-order valence-electron chi connectivity index (χ0n) is 18.7. The predicted octanol–water partition coefficient (Wildman–Crippen LogP) is 1.50.